The van der Waals surface area contributed by atoms with Gasteiger partial charge in [0.1, 0.15) is 12.4 Å². The quantitative estimate of drug-likeness (QED) is 0.671. The van der Waals surface area contributed by atoms with Crippen molar-refractivity contribution in [2.75, 3.05) is 16.8 Å². The van der Waals surface area contributed by atoms with E-state index in [9.17, 15) is 9.59 Å². The predicted octanol–water partition coefficient (Wildman–Crippen LogP) is 4.64. The number of para-hydroxylation sites is 1. The van der Waals surface area contributed by atoms with Crippen LogP contribution in [0.1, 0.15) is 28.8 Å². The van der Waals surface area contributed by atoms with Crippen molar-refractivity contribution in [1.82, 2.24) is 0 Å². The number of nitrogens with one attached hydrogen (secondary N) is 1. The lowest BCUT2D eigenvalue weighted by Gasteiger charge is -2.16. The molecule has 1 fully saturated rings. The van der Waals surface area contributed by atoms with E-state index in [1.807, 2.05) is 66.7 Å². The van der Waals surface area contributed by atoms with Crippen molar-refractivity contribution in [2.24, 2.45) is 0 Å². The van der Waals surface area contributed by atoms with Crippen molar-refractivity contribution >= 4 is 23.2 Å². The Kier molecular flexibility index (Phi) is 5.56. The maximum Gasteiger partial charge on any atom is 0.259 e. The lowest BCUT2D eigenvalue weighted by molar-refractivity contribution is -0.117. The van der Waals surface area contributed by atoms with E-state index < -0.39 is 0 Å². The molecule has 4 rings (SSSR count). The van der Waals surface area contributed by atoms with E-state index in [1.54, 1.807) is 17.0 Å². The Morgan fingerprint density at radius 2 is 1.66 bits per heavy atom. The first-order chi connectivity index (χ1) is 14.2. The summed E-state index contributed by atoms with van der Waals surface area (Å²) in [4.78, 5) is 26.4. The zero-order valence-corrected chi connectivity index (χ0v) is 16.0. The summed E-state index contributed by atoms with van der Waals surface area (Å²) in [6, 6.07) is 24.4. The molecule has 2 amide bonds. The fourth-order valence-corrected chi connectivity index (χ4v) is 3.36. The van der Waals surface area contributed by atoms with Gasteiger partial charge in [0, 0.05) is 24.3 Å². The van der Waals surface area contributed by atoms with Gasteiger partial charge in [0.05, 0.1) is 5.56 Å². The Balaban J connectivity index is 1.44. The average molecular weight is 386 g/mol. The highest BCUT2D eigenvalue weighted by Crippen LogP contribution is 2.25. The Hall–Kier alpha value is -3.60. The molecule has 1 saturated heterocycles. The highest BCUT2D eigenvalue weighted by molar-refractivity contribution is 6.06. The summed E-state index contributed by atoms with van der Waals surface area (Å²) in [6.07, 6.45) is 1.48. The van der Waals surface area contributed by atoms with Crippen molar-refractivity contribution in [2.45, 2.75) is 19.4 Å². The van der Waals surface area contributed by atoms with E-state index in [0.717, 1.165) is 24.2 Å². The van der Waals surface area contributed by atoms with E-state index in [-0.39, 0.29) is 11.8 Å². The van der Waals surface area contributed by atoms with Gasteiger partial charge in [-0.15, -0.1) is 0 Å². The molecule has 5 nitrogen and oxygen atoms in total. The lowest BCUT2D eigenvalue weighted by atomic mass is 10.1. The number of carbonyl (C=O) groups is 2. The molecule has 1 aliphatic heterocycles. The molecule has 1 aliphatic rings. The number of hydrogen-bond acceptors (Lipinski definition) is 3. The van der Waals surface area contributed by atoms with Crippen molar-refractivity contribution < 1.29 is 14.3 Å². The van der Waals surface area contributed by atoms with Crippen LogP contribution in [0.25, 0.3) is 0 Å². The van der Waals surface area contributed by atoms with Crippen LogP contribution in [-0.4, -0.2) is 18.4 Å². The summed E-state index contributed by atoms with van der Waals surface area (Å²) >= 11 is 0. The minimum Gasteiger partial charge on any atom is -0.488 e. The van der Waals surface area contributed by atoms with Gasteiger partial charge in [-0.2, -0.15) is 0 Å². The second-order valence-corrected chi connectivity index (χ2v) is 6.92. The van der Waals surface area contributed by atoms with Crippen LogP contribution in [0.2, 0.25) is 0 Å². The van der Waals surface area contributed by atoms with E-state index in [2.05, 4.69) is 5.32 Å². The number of anilines is 2. The number of hydrogen-bond donors (Lipinski definition) is 1. The molecule has 0 bridgehead atoms. The van der Waals surface area contributed by atoms with Crippen molar-refractivity contribution in [1.29, 1.82) is 0 Å². The molecule has 3 aromatic carbocycles. The molecule has 0 atom stereocenters. The fraction of sp³-hybridized carbons (Fsp3) is 0.167. The first-order valence-electron chi connectivity index (χ1n) is 9.68. The number of ether oxygens (including phenoxy) is 1. The summed E-state index contributed by atoms with van der Waals surface area (Å²) < 4.78 is 5.88. The fourth-order valence-electron chi connectivity index (χ4n) is 3.36. The van der Waals surface area contributed by atoms with Crippen LogP contribution in [-0.2, 0) is 11.4 Å². The SMILES string of the molecule is O=C(Nc1ccc(N2CCCC2=O)cc1)c1ccccc1OCc1ccccc1. The molecule has 1 N–H and O–H groups in total. The first kappa shape index (κ1) is 18.7. The van der Waals surface area contributed by atoms with E-state index in [1.165, 1.54) is 0 Å². The van der Waals surface area contributed by atoms with Gasteiger partial charge in [-0.3, -0.25) is 9.59 Å². The smallest absolute Gasteiger partial charge is 0.259 e. The summed E-state index contributed by atoms with van der Waals surface area (Å²) in [7, 11) is 0. The van der Waals surface area contributed by atoms with E-state index in [4.69, 9.17) is 4.74 Å². The number of carbonyl (C=O) groups excluding carboxylic acids is 2. The average Bonchev–Trinajstić information content (AvgIpc) is 3.19. The summed E-state index contributed by atoms with van der Waals surface area (Å²) in [6.45, 7) is 1.14. The van der Waals surface area contributed by atoms with Crippen LogP contribution in [0.4, 0.5) is 11.4 Å². The zero-order chi connectivity index (χ0) is 20.1. The Morgan fingerprint density at radius 3 is 2.38 bits per heavy atom. The maximum absolute atomic E-state index is 12.8. The second-order valence-electron chi connectivity index (χ2n) is 6.92. The van der Waals surface area contributed by atoms with Crippen LogP contribution in [0.3, 0.4) is 0 Å². The summed E-state index contributed by atoms with van der Waals surface area (Å²) in [5, 5.41) is 2.90. The molecule has 0 aromatic heterocycles. The Morgan fingerprint density at radius 1 is 0.931 bits per heavy atom. The lowest BCUT2D eigenvalue weighted by Crippen LogP contribution is -2.23. The van der Waals surface area contributed by atoms with Crippen LogP contribution in [0.15, 0.2) is 78.9 Å². The second kappa shape index (κ2) is 8.61. The third-order valence-corrected chi connectivity index (χ3v) is 4.88. The van der Waals surface area contributed by atoms with Crippen molar-refractivity contribution in [3.05, 3.63) is 90.0 Å². The molecular weight excluding hydrogens is 364 g/mol. The standard InChI is InChI=1S/C24H22N2O3/c27-23-11-6-16-26(23)20-14-12-19(13-15-20)25-24(28)21-9-4-5-10-22(21)29-17-18-7-2-1-3-8-18/h1-5,7-10,12-15H,6,11,16-17H2,(H,25,28). The van der Waals surface area contributed by atoms with Crippen LogP contribution in [0.5, 0.6) is 5.75 Å². The monoisotopic (exact) mass is 386 g/mol. The number of nitrogens with zero attached hydrogens (tertiary/aromatic N) is 1. The molecule has 0 unspecified atom stereocenters. The molecule has 0 radical (unpaired) electrons. The van der Waals surface area contributed by atoms with Gasteiger partial charge in [0.15, 0.2) is 0 Å². The highest BCUT2D eigenvalue weighted by Gasteiger charge is 2.21. The van der Waals surface area contributed by atoms with Gasteiger partial charge < -0.3 is 15.0 Å². The molecule has 3 aromatic rings. The van der Waals surface area contributed by atoms with Crippen molar-refractivity contribution in [3.8, 4) is 5.75 Å². The molecule has 146 valence electrons. The number of benzene rings is 3. The van der Waals surface area contributed by atoms with Gasteiger partial charge in [0.25, 0.3) is 5.91 Å². The number of rotatable bonds is 6. The summed E-state index contributed by atoms with van der Waals surface area (Å²) in [5.41, 5.74) is 3.04. The molecule has 29 heavy (non-hydrogen) atoms. The van der Waals surface area contributed by atoms with Crippen LogP contribution >= 0.6 is 0 Å². The van der Waals surface area contributed by atoms with Crippen LogP contribution in [0, 0.1) is 0 Å². The van der Waals surface area contributed by atoms with Gasteiger partial charge in [0.2, 0.25) is 5.91 Å². The molecule has 0 spiro atoms. The minimum absolute atomic E-state index is 0.145. The highest BCUT2D eigenvalue weighted by atomic mass is 16.5. The number of amides is 2. The topological polar surface area (TPSA) is 58.6 Å². The summed E-state index contributed by atoms with van der Waals surface area (Å²) in [5.74, 6) is 0.443. The molecule has 5 heteroatoms. The van der Waals surface area contributed by atoms with Gasteiger partial charge in [-0.1, -0.05) is 42.5 Å². The van der Waals surface area contributed by atoms with Gasteiger partial charge in [-0.05, 0) is 48.4 Å². The normalized spacial score (nSPS) is 13.4. The van der Waals surface area contributed by atoms with Crippen molar-refractivity contribution in [3.63, 3.8) is 0 Å². The van der Waals surface area contributed by atoms with Gasteiger partial charge in [-0.25, -0.2) is 0 Å². The zero-order valence-electron chi connectivity index (χ0n) is 16.0. The Bertz CT molecular complexity index is 1000. The molecule has 0 saturated carbocycles. The van der Waals surface area contributed by atoms with E-state index >= 15 is 0 Å². The third-order valence-electron chi connectivity index (χ3n) is 4.88. The molecule has 0 aliphatic carbocycles. The molecule has 1 heterocycles. The maximum atomic E-state index is 12.8. The Labute approximate surface area is 169 Å². The first-order valence-corrected chi connectivity index (χ1v) is 9.68. The predicted molar refractivity (Wildman–Crippen MR) is 113 cm³/mol. The largest absolute Gasteiger partial charge is 0.488 e. The van der Waals surface area contributed by atoms with Crippen LogP contribution < -0.4 is 15.0 Å². The van der Waals surface area contributed by atoms with Gasteiger partial charge >= 0.3 is 0 Å². The minimum atomic E-state index is -0.237. The third kappa shape index (κ3) is 4.46. The molecular formula is C24H22N2O3. The van der Waals surface area contributed by atoms with E-state index in [0.29, 0.717) is 30.0 Å².